The van der Waals surface area contributed by atoms with Gasteiger partial charge in [0.25, 0.3) is 0 Å². The van der Waals surface area contributed by atoms with Crippen LogP contribution >= 0.6 is 34.7 Å². The zero-order chi connectivity index (χ0) is 10.7. The van der Waals surface area contributed by atoms with Gasteiger partial charge in [0, 0.05) is 12.3 Å². The molecular weight excluding hydrogens is 250 g/mol. The number of nitrogens with zero attached hydrogens (tertiary/aromatic N) is 2. The van der Waals surface area contributed by atoms with E-state index in [1.54, 1.807) is 23.1 Å². The van der Waals surface area contributed by atoms with Gasteiger partial charge in [-0.15, -0.1) is 11.3 Å². The normalized spacial score (nSPS) is 10.8. The maximum absolute atomic E-state index is 5.83. The summed E-state index contributed by atoms with van der Waals surface area (Å²) >= 11 is 9.20. The zero-order valence-corrected chi connectivity index (χ0v) is 10.5. The van der Waals surface area contributed by atoms with E-state index in [1.165, 1.54) is 0 Å². The van der Waals surface area contributed by atoms with Gasteiger partial charge in [-0.2, -0.15) is 11.8 Å². The summed E-state index contributed by atoms with van der Waals surface area (Å²) in [6.07, 6.45) is 2.08. The first-order valence-corrected chi connectivity index (χ1v) is 7.10. The highest BCUT2D eigenvalue weighted by molar-refractivity contribution is 7.98. The molecule has 2 rings (SSSR count). The average Bonchev–Trinajstić information content (AvgIpc) is 2.65. The van der Waals surface area contributed by atoms with E-state index in [0.29, 0.717) is 5.28 Å². The first-order chi connectivity index (χ1) is 7.31. The lowest BCUT2D eigenvalue weighted by atomic mass is 10.4. The summed E-state index contributed by atoms with van der Waals surface area (Å²) in [6.45, 7) is 0.888. The summed E-state index contributed by atoms with van der Waals surface area (Å²) in [5.74, 6) is 1.88. The fourth-order valence-corrected chi connectivity index (χ4v) is 2.52. The van der Waals surface area contributed by atoms with Crippen LogP contribution < -0.4 is 5.32 Å². The molecule has 0 aliphatic heterocycles. The molecule has 1 N–H and O–H groups in total. The van der Waals surface area contributed by atoms with E-state index >= 15 is 0 Å². The number of aromatic nitrogens is 2. The van der Waals surface area contributed by atoms with Gasteiger partial charge in [-0.1, -0.05) is 0 Å². The summed E-state index contributed by atoms with van der Waals surface area (Å²) in [7, 11) is 0. The molecule has 80 valence electrons. The van der Waals surface area contributed by atoms with E-state index in [4.69, 9.17) is 11.6 Å². The van der Waals surface area contributed by atoms with Crippen molar-refractivity contribution >= 4 is 50.7 Å². The van der Waals surface area contributed by atoms with Crippen LogP contribution in [0.5, 0.6) is 0 Å². The van der Waals surface area contributed by atoms with E-state index in [1.807, 2.05) is 11.4 Å². The Morgan fingerprint density at radius 2 is 2.40 bits per heavy atom. The van der Waals surface area contributed by atoms with Crippen molar-refractivity contribution in [2.45, 2.75) is 0 Å². The monoisotopic (exact) mass is 259 g/mol. The second kappa shape index (κ2) is 5.01. The van der Waals surface area contributed by atoms with Crippen molar-refractivity contribution in [3.63, 3.8) is 0 Å². The van der Waals surface area contributed by atoms with Crippen molar-refractivity contribution in [2.75, 3.05) is 23.9 Å². The fraction of sp³-hybridized carbons (Fsp3) is 0.333. The lowest BCUT2D eigenvalue weighted by molar-refractivity contribution is 1.15. The SMILES string of the molecule is CSCCNc1nc(Cl)nc2sccc12. The van der Waals surface area contributed by atoms with Crippen LogP contribution in [0.3, 0.4) is 0 Å². The number of fused-ring (bicyclic) bond motifs is 1. The molecule has 15 heavy (non-hydrogen) atoms. The molecular formula is C9H10ClN3S2. The number of rotatable bonds is 4. The number of anilines is 1. The van der Waals surface area contributed by atoms with Crippen molar-refractivity contribution < 1.29 is 0 Å². The maximum Gasteiger partial charge on any atom is 0.225 e. The Balaban J connectivity index is 2.27. The van der Waals surface area contributed by atoms with E-state index in [-0.39, 0.29) is 0 Å². The van der Waals surface area contributed by atoms with Crippen LogP contribution in [-0.4, -0.2) is 28.5 Å². The molecule has 0 bridgehead atoms. The van der Waals surface area contributed by atoms with Crippen LogP contribution in [0.1, 0.15) is 0 Å². The minimum atomic E-state index is 0.302. The average molecular weight is 260 g/mol. The molecule has 0 aromatic carbocycles. The van der Waals surface area contributed by atoms with Crippen molar-refractivity contribution in [1.29, 1.82) is 0 Å². The number of thioether (sulfide) groups is 1. The third kappa shape index (κ3) is 2.53. The Labute approximate surface area is 101 Å². The molecule has 0 unspecified atom stereocenters. The van der Waals surface area contributed by atoms with Gasteiger partial charge in [-0.3, -0.25) is 0 Å². The Morgan fingerprint density at radius 1 is 1.53 bits per heavy atom. The minimum absolute atomic E-state index is 0.302. The molecule has 0 radical (unpaired) electrons. The molecule has 0 atom stereocenters. The quantitative estimate of drug-likeness (QED) is 0.676. The predicted octanol–water partition coefficient (Wildman–Crippen LogP) is 3.12. The molecule has 0 saturated carbocycles. The van der Waals surface area contributed by atoms with Crippen LogP contribution in [-0.2, 0) is 0 Å². The molecule has 0 amide bonds. The summed E-state index contributed by atoms with van der Waals surface area (Å²) in [4.78, 5) is 9.27. The van der Waals surface area contributed by atoms with E-state index in [0.717, 1.165) is 28.3 Å². The number of nitrogens with one attached hydrogen (secondary N) is 1. The predicted molar refractivity (Wildman–Crippen MR) is 69.3 cm³/mol. The smallest absolute Gasteiger partial charge is 0.225 e. The molecule has 2 heterocycles. The molecule has 0 fully saturated rings. The first kappa shape index (κ1) is 11.0. The minimum Gasteiger partial charge on any atom is -0.369 e. The molecule has 3 nitrogen and oxygen atoms in total. The molecule has 2 aromatic heterocycles. The third-order valence-corrected chi connectivity index (χ3v) is 3.48. The largest absolute Gasteiger partial charge is 0.369 e. The second-order valence-electron chi connectivity index (χ2n) is 2.90. The molecule has 2 aromatic rings. The van der Waals surface area contributed by atoms with Crippen molar-refractivity contribution in [3.05, 3.63) is 16.7 Å². The van der Waals surface area contributed by atoms with Crippen molar-refractivity contribution in [2.24, 2.45) is 0 Å². The highest BCUT2D eigenvalue weighted by Crippen LogP contribution is 2.26. The Kier molecular flexibility index (Phi) is 3.66. The number of halogens is 1. The van der Waals surface area contributed by atoms with Crippen LogP contribution in [0.25, 0.3) is 10.2 Å². The third-order valence-electron chi connectivity index (χ3n) is 1.90. The second-order valence-corrected chi connectivity index (χ2v) is 5.12. The summed E-state index contributed by atoms with van der Waals surface area (Å²) in [5, 5.41) is 6.61. The zero-order valence-electron chi connectivity index (χ0n) is 8.16. The lowest BCUT2D eigenvalue weighted by Gasteiger charge is -2.05. The Hall–Kier alpha value is -0.520. The van der Waals surface area contributed by atoms with Gasteiger partial charge in [0.15, 0.2) is 0 Å². The van der Waals surface area contributed by atoms with E-state index in [2.05, 4.69) is 21.5 Å². The van der Waals surface area contributed by atoms with Crippen molar-refractivity contribution in [1.82, 2.24) is 9.97 Å². The highest BCUT2D eigenvalue weighted by Gasteiger charge is 2.06. The van der Waals surface area contributed by atoms with Gasteiger partial charge in [-0.05, 0) is 29.3 Å². The maximum atomic E-state index is 5.83. The first-order valence-electron chi connectivity index (χ1n) is 4.45. The standard InChI is InChI=1S/C9H10ClN3S2/c1-14-5-3-11-7-6-2-4-15-8(6)13-9(10)12-7/h2,4H,3,5H2,1H3,(H,11,12,13). The van der Waals surface area contributed by atoms with E-state index in [9.17, 15) is 0 Å². The lowest BCUT2D eigenvalue weighted by Crippen LogP contribution is -2.06. The van der Waals surface area contributed by atoms with Crippen molar-refractivity contribution in [3.8, 4) is 0 Å². The Bertz CT molecular complexity index is 458. The highest BCUT2D eigenvalue weighted by atomic mass is 35.5. The van der Waals surface area contributed by atoms with Crippen LogP contribution in [0.2, 0.25) is 5.28 Å². The van der Waals surface area contributed by atoms with Gasteiger partial charge in [0.1, 0.15) is 10.6 Å². The summed E-state index contributed by atoms with van der Waals surface area (Å²) in [5.41, 5.74) is 0. The molecule has 0 spiro atoms. The fourth-order valence-electron chi connectivity index (χ4n) is 1.24. The van der Waals surface area contributed by atoms with E-state index < -0.39 is 0 Å². The van der Waals surface area contributed by atoms with Crippen LogP contribution in [0.4, 0.5) is 5.82 Å². The number of hydrogen-bond acceptors (Lipinski definition) is 5. The van der Waals surface area contributed by atoms with Crippen LogP contribution in [0.15, 0.2) is 11.4 Å². The number of thiophene rings is 1. The van der Waals surface area contributed by atoms with Gasteiger partial charge in [0.05, 0.1) is 5.39 Å². The Morgan fingerprint density at radius 3 is 3.20 bits per heavy atom. The summed E-state index contributed by atoms with van der Waals surface area (Å²) < 4.78 is 0. The van der Waals surface area contributed by atoms with Gasteiger partial charge in [-0.25, -0.2) is 9.97 Å². The molecule has 0 saturated heterocycles. The van der Waals surface area contributed by atoms with Gasteiger partial charge >= 0.3 is 0 Å². The molecule has 6 heteroatoms. The summed E-state index contributed by atoms with van der Waals surface area (Å²) in [6, 6.07) is 2.01. The molecule has 0 aliphatic carbocycles. The van der Waals surface area contributed by atoms with Crippen LogP contribution in [0, 0.1) is 0 Å². The topological polar surface area (TPSA) is 37.8 Å². The number of hydrogen-bond donors (Lipinski definition) is 1. The molecule has 0 aliphatic rings. The van der Waals surface area contributed by atoms with Gasteiger partial charge in [0.2, 0.25) is 5.28 Å². The van der Waals surface area contributed by atoms with Gasteiger partial charge < -0.3 is 5.32 Å².